The molecule has 0 bridgehead atoms. The summed E-state index contributed by atoms with van der Waals surface area (Å²) in [5.41, 5.74) is 1.73. The van der Waals surface area contributed by atoms with Crippen molar-refractivity contribution in [1.82, 2.24) is 0 Å². The number of hydrogen-bond donors (Lipinski definition) is 0. The summed E-state index contributed by atoms with van der Waals surface area (Å²) in [5, 5.41) is 0. The molecular weight excluding hydrogens is 354 g/mol. The Labute approximate surface area is 164 Å². The predicted octanol–water partition coefficient (Wildman–Crippen LogP) is 5.07. The first-order valence-corrected chi connectivity index (χ1v) is 9.68. The van der Waals surface area contributed by atoms with Crippen LogP contribution in [-0.4, -0.2) is 24.3 Å². The minimum absolute atomic E-state index is 0.335. The van der Waals surface area contributed by atoms with Crippen molar-refractivity contribution in [1.29, 1.82) is 0 Å². The topological polar surface area (TPSA) is 38.7 Å². The second-order valence-electron chi connectivity index (χ2n) is 6.65. The zero-order chi connectivity index (χ0) is 19.3. The maximum Gasteiger partial charge on any atom is 0.333 e. The number of carbonyl (C=O) groups excluding carboxylic acids is 1. The Kier molecular flexibility index (Phi) is 5.87. The fourth-order valence-electron chi connectivity index (χ4n) is 3.03. The van der Waals surface area contributed by atoms with Crippen molar-refractivity contribution >= 4 is 23.0 Å². The highest BCUT2D eigenvalue weighted by Gasteiger charge is 2.35. The van der Waals surface area contributed by atoms with Crippen LogP contribution in [0.4, 0.5) is 0 Å². The van der Waals surface area contributed by atoms with Gasteiger partial charge < -0.3 is 4.74 Å². The summed E-state index contributed by atoms with van der Waals surface area (Å²) in [4.78, 5) is 20.0. The highest BCUT2D eigenvalue weighted by Crippen LogP contribution is 2.27. The smallest absolute Gasteiger partial charge is 0.333 e. The molecule has 0 spiro atoms. The number of hydrogen-bond acceptors (Lipinski definition) is 4. The van der Waals surface area contributed by atoms with Gasteiger partial charge >= 0.3 is 5.97 Å². The molecule has 0 aliphatic heterocycles. The Hall–Kier alpha value is -2.72. The number of aryl methyl sites for hydroxylation is 1. The third kappa shape index (κ3) is 4.52. The molecule has 1 heterocycles. The van der Waals surface area contributed by atoms with Crippen LogP contribution < -0.4 is 0 Å². The van der Waals surface area contributed by atoms with E-state index in [1.165, 1.54) is 12.0 Å². The van der Waals surface area contributed by atoms with Crippen LogP contribution in [0.25, 0.3) is 0 Å². The van der Waals surface area contributed by atoms with Crippen LogP contribution >= 0.6 is 11.3 Å². The number of rotatable bonds is 6. The van der Waals surface area contributed by atoms with Gasteiger partial charge in [0.1, 0.15) is 0 Å². The van der Waals surface area contributed by atoms with Gasteiger partial charge in [0.25, 0.3) is 0 Å². The molecule has 0 N–H and O–H groups in total. The molecule has 0 aliphatic rings. The summed E-state index contributed by atoms with van der Waals surface area (Å²) in [6.07, 6.45) is 0.501. The summed E-state index contributed by atoms with van der Waals surface area (Å²) in [6, 6.07) is 24.0. The van der Waals surface area contributed by atoms with Gasteiger partial charge in [-0.2, -0.15) is 0 Å². The standard InChI is InChI=1S/C23H23NO2S/c1-17-14-15-20(27-17)16-23(2,22(25)26-3)24-21(18-10-6-4-7-11-18)19-12-8-5-9-13-19/h4-15H,16H2,1-3H3. The molecule has 0 saturated carbocycles. The van der Waals surface area contributed by atoms with E-state index in [9.17, 15) is 4.79 Å². The number of benzene rings is 2. The summed E-state index contributed by atoms with van der Waals surface area (Å²) in [7, 11) is 1.42. The maximum absolute atomic E-state index is 12.7. The second kappa shape index (κ2) is 8.31. The number of nitrogens with zero attached hydrogens (tertiary/aromatic N) is 1. The van der Waals surface area contributed by atoms with Crippen LogP contribution in [0, 0.1) is 6.92 Å². The van der Waals surface area contributed by atoms with Crippen molar-refractivity contribution in [3.63, 3.8) is 0 Å². The molecule has 4 heteroatoms. The lowest BCUT2D eigenvalue weighted by atomic mass is 9.95. The van der Waals surface area contributed by atoms with Gasteiger partial charge in [-0.15, -0.1) is 11.3 Å². The first kappa shape index (κ1) is 19.1. The fourth-order valence-corrected chi connectivity index (χ4v) is 4.07. The number of thiophene rings is 1. The molecule has 3 aromatic rings. The fraction of sp³-hybridized carbons (Fsp3) is 0.217. The van der Waals surface area contributed by atoms with Gasteiger partial charge in [0, 0.05) is 27.3 Å². The third-order valence-electron chi connectivity index (χ3n) is 4.39. The molecule has 0 aliphatic carbocycles. The molecule has 0 fully saturated rings. The van der Waals surface area contributed by atoms with Crippen LogP contribution in [0.15, 0.2) is 77.8 Å². The van der Waals surface area contributed by atoms with Gasteiger partial charge in [-0.3, -0.25) is 4.99 Å². The predicted molar refractivity (Wildman–Crippen MR) is 112 cm³/mol. The summed E-state index contributed by atoms with van der Waals surface area (Å²) in [6.45, 7) is 3.91. The average Bonchev–Trinajstić information content (AvgIpc) is 3.11. The quantitative estimate of drug-likeness (QED) is 0.444. The molecule has 1 atom stereocenters. The molecule has 27 heavy (non-hydrogen) atoms. The van der Waals surface area contributed by atoms with E-state index in [0.29, 0.717) is 6.42 Å². The van der Waals surface area contributed by atoms with Crippen LogP contribution in [0.5, 0.6) is 0 Å². The second-order valence-corrected chi connectivity index (χ2v) is 8.02. The average molecular weight is 378 g/mol. The monoisotopic (exact) mass is 377 g/mol. The lowest BCUT2D eigenvalue weighted by molar-refractivity contribution is -0.146. The van der Waals surface area contributed by atoms with E-state index in [2.05, 4.69) is 19.1 Å². The molecule has 0 radical (unpaired) electrons. The van der Waals surface area contributed by atoms with Crippen LogP contribution in [0.2, 0.25) is 0 Å². The lowest BCUT2D eigenvalue weighted by Crippen LogP contribution is -2.38. The Morgan fingerprint density at radius 1 is 0.963 bits per heavy atom. The summed E-state index contributed by atoms with van der Waals surface area (Å²) >= 11 is 1.68. The Balaban J connectivity index is 2.12. The molecule has 2 aromatic carbocycles. The van der Waals surface area contributed by atoms with E-state index in [1.807, 2.05) is 67.6 Å². The highest BCUT2D eigenvalue weighted by atomic mass is 32.1. The molecule has 3 nitrogen and oxygen atoms in total. The van der Waals surface area contributed by atoms with E-state index >= 15 is 0 Å². The molecule has 138 valence electrons. The minimum Gasteiger partial charge on any atom is -0.467 e. The number of aliphatic imine (C=N–C) groups is 1. The van der Waals surface area contributed by atoms with Crippen molar-refractivity contribution in [2.45, 2.75) is 25.8 Å². The van der Waals surface area contributed by atoms with Gasteiger partial charge in [-0.25, -0.2) is 4.79 Å². The Morgan fingerprint density at radius 2 is 1.52 bits per heavy atom. The zero-order valence-corrected chi connectivity index (χ0v) is 16.6. The minimum atomic E-state index is -1.01. The normalized spacial score (nSPS) is 12.9. The third-order valence-corrected chi connectivity index (χ3v) is 5.39. The number of ether oxygens (including phenoxy) is 1. The first-order valence-electron chi connectivity index (χ1n) is 8.86. The van der Waals surface area contributed by atoms with Crippen molar-refractivity contribution in [2.24, 2.45) is 4.99 Å². The van der Waals surface area contributed by atoms with Crippen LogP contribution in [-0.2, 0) is 16.0 Å². The highest BCUT2D eigenvalue weighted by molar-refractivity contribution is 7.11. The molecule has 1 unspecified atom stereocenters. The van der Waals surface area contributed by atoms with Crippen molar-refractivity contribution in [3.05, 3.63) is 93.7 Å². The largest absolute Gasteiger partial charge is 0.467 e. The van der Waals surface area contributed by atoms with Gasteiger partial charge in [0.05, 0.1) is 12.8 Å². The van der Waals surface area contributed by atoms with Crippen LogP contribution in [0.1, 0.15) is 27.8 Å². The van der Waals surface area contributed by atoms with Gasteiger partial charge in [0.15, 0.2) is 5.54 Å². The zero-order valence-electron chi connectivity index (χ0n) is 15.8. The summed E-state index contributed by atoms with van der Waals surface area (Å²) in [5.74, 6) is -0.335. The van der Waals surface area contributed by atoms with Gasteiger partial charge in [0.2, 0.25) is 0 Å². The number of methoxy groups -OCH3 is 1. The van der Waals surface area contributed by atoms with Crippen LogP contribution in [0.3, 0.4) is 0 Å². The number of carbonyl (C=O) groups is 1. The molecular formula is C23H23NO2S. The van der Waals surface area contributed by atoms with E-state index in [-0.39, 0.29) is 5.97 Å². The number of esters is 1. The Bertz CT molecular complexity index is 890. The van der Waals surface area contributed by atoms with Crippen molar-refractivity contribution in [3.8, 4) is 0 Å². The van der Waals surface area contributed by atoms with E-state index in [4.69, 9.17) is 9.73 Å². The van der Waals surface area contributed by atoms with Gasteiger partial charge in [-0.05, 0) is 26.0 Å². The van der Waals surface area contributed by atoms with E-state index < -0.39 is 5.54 Å². The Morgan fingerprint density at radius 3 is 1.96 bits per heavy atom. The van der Waals surface area contributed by atoms with E-state index in [1.54, 1.807) is 11.3 Å². The first-order chi connectivity index (χ1) is 13.0. The van der Waals surface area contributed by atoms with Crippen molar-refractivity contribution < 1.29 is 9.53 Å². The SMILES string of the molecule is COC(=O)C(C)(Cc1ccc(C)s1)N=C(c1ccccc1)c1ccccc1. The summed E-state index contributed by atoms with van der Waals surface area (Å²) < 4.78 is 5.13. The molecule has 0 saturated heterocycles. The molecule has 3 rings (SSSR count). The maximum atomic E-state index is 12.7. The van der Waals surface area contributed by atoms with Gasteiger partial charge in [-0.1, -0.05) is 60.7 Å². The molecule has 1 aromatic heterocycles. The van der Waals surface area contributed by atoms with Crippen molar-refractivity contribution in [2.75, 3.05) is 7.11 Å². The lowest BCUT2D eigenvalue weighted by Gasteiger charge is -2.24. The van der Waals surface area contributed by atoms with E-state index in [0.717, 1.165) is 21.7 Å². The molecule has 0 amide bonds.